The number of carbonyl (C=O) groups is 1. The van der Waals surface area contributed by atoms with Gasteiger partial charge in [0.05, 0.1) is 5.37 Å². The van der Waals surface area contributed by atoms with Crippen LogP contribution in [0.2, 0.25) is 0 Å². The van der Waals surface area contributed by atoms with E-state index in [9.17, 15) is 4.79 Å². The molecule has 82 valence electrons. The first-order chi connectivity index (χ1) is 6.33. The zero-order valence-electron chi connectivity index (χ0n) is 9.20. The van der Waals surface area contributed by atoms with Crippen LogP contribution < -0.4 is 5.32 Å². The van der Waals surface area contributed by atoms with E-state index in [-0.39, 0.29) is 10.1 Å². The van der Waals surface area contributed by atoms with Crippen LogP contribution >= 0.6 is 11.8 Å². The lowest BCUT2D eigenvalue weighted by Gasteiger charge is -2.20. The molecule has 1 heterocycles. The Bertz CT molecular complexity index is 228. The summed E-state index contributed by atoms with van der Waals surface area (Å²) < 4.78 is -0.203. The molecule has 1 saturated heterocycles. The maximum atomic E-state index is 11.0. The molecule has 1 rings (SSSR count). The average molecular weight is 217 g/mol. The van der Waals surface area contributed by atoms with Gasteiger partial charge in [0.25, 0.3) is 0 Å². The highest BCUT2D eigenvalue weighted by molar-refractivity contribution is 8.01. The Balaban J connectivity index is 2.62. The van der Waals surface area contributed by atoms with Gasteiger partial charge in [-0.25, -0.2) is 0 Å². The second-order valence-electron chi connectivity index (χ2n) is 4.78. The summed E-state index contributed by atoms with van der Waals surface area (Å²) in [5, 5.41) is 12.5. The molecule has 0 radical (unpaired) electrons. The van der Waals surface area contributed by atoms with E-state index >= 15 is 0 Å². The fourth-order valence-electron chi connectivity index (χ4n) is 1.77. The van der Waals surface area contributed by atoms with Crippen molar-refractivity contribution >= 4 is 17.7 Å². The van der Waals surface area contributed by atoms with Crippen LogP contribution in [0.25, 0.3) is 0 Å². The number of hydrogen-bond donors (Lipinski definition) is 2. The Morgan fingerprint density at radius 2 is 2.14 bits per heavy atom. The minimum absolute atomic E-state index is 0.203. The molecule has 3 nitrogen and oxygen atoms in total. The lowest BCUT2D eigenvalue weighted by Crippen LogP contribution is -2.44. The molecular weight excluding hydrogens is 198 g/mol. The van der Waals surface area contributed by atoms with Crippen molar-refractivity contribution in [2.75, 3.05) is 0 Å². The van der Waals surface area contributed by atoms with E-state index in [2.05, 4.69) is 19.2 Å². The van der Waals surface area contributed by atoms with Crippen molar-refractivity contribution < 1.29 is 9.90 Å². The van der Waals surface area contributed by atoms with Gasteiger partial charge in [0.2, 0.25) is 0 Å². The minimum Gasteiger partial charge on any atom is -0.480 e. The third kappa shape index (κ3) is 2.64. The average Bonchev–Trinajstić information content (AvgIpc) is 2.23. The van der Waals surface area contributed by atoms with Gasteiger partial charge in [-0.2, -0.15) is 0 Å². The van der Waals surface area contributed by atoms with Gasteiger partial charge >= 0.3 is 5.97 Å². The van der Waals surface area contributed by atoms with Gasteiger partial charge in [-0.3, -0.25) is 10.1 Å². The first-order valence-corrected chi connectivity index (χ1v) is 5.87. The van der Waals surface area contributed by atoms with E-state index in [1.807, 2.05) is 13.8 Å². The van der Waals surface area contributed by atoms with E-state index in [1.54, 1.807) is 11.8 Å². The Morgan fingerprint density at radius 3 is 2.50 bits per heavy atom. The summed E-state index contributed by atoms with van der Waals surface area (Å²) in [5.41, 5.74) is 0. The Morgan fingerprint density at radius 1 is 1.57 bits per heavy atom. The van der Waals surface area contributed by atoms with Crippen molar-refractivity contribution in [2.24, 2.45) is 5.92 Å². The van der Waals surface area contributed by atoms with Crippen molar-refractivity contribution in [2.45, 2.75) is 50.3 Å². The fourth-order valence-corrected chi connectivity index (χ4v) is 3.49. The molecule has 2 N–H and O–H groups in total. The normalized spacial score (nSPS) is 30.9. The van der Waals surface area contributed by atoms with Crippen LogP contribution in [-0.2, 0) is 4.79 Å². The third-order valence-electron chi connectivity index (χ3n) is 2.43. The molecular formula is C10H19NO2S. The van der Waals surface area contributed by atoms with E-state index in [4.69, 9.17) is 5.11 Å². The van der Waals surface area contributed by atoms with Crippen molar-refractivity contribution in [1.29, 1.82) is 0 Å². The number of nitrogens with one attached hydrogen (secondary N) is 1. The zero-order valence-corrected chi connectivity index (χ0v) is 10.0. The molecule has 0 aromatic heterocycles. The van der Waals surface area contributed by atoms with Crippen LogP contribution in [-0.4, -0.2) is 27.2 Å². The lowest BCUT2D eigenvalue weighted by atomic mass is 10.0. The van der Waals surface area contributed by atoms with E-state index < -0.39 is 12.0 Å². The number of hydrogen-bond acceptors (Lipinski definition) is 3. The quantitative estimate of drug-likeness (QED) is 0.758. The second-order valence-corrected chi connectivity index (χ2v) is 6.63. The van der Waals surface area contributed by atoms with Crippen LogP contribution in [0.4, 0.5) is 0 Å². The molecule has 0 bridgehead atoms. The Labute approximate surface area is 89.6 Å². The summed E-state index contributed by atoms with van der Waals surface area (Å²) in [4.78, 5) is 11.0. The molecule has 1 aliphatic heterocycles. The number of thioether (sulfide) groups is 1. The minimum atomic E-state index is -0.742. The van der Waals surface area contributed by atoms with Crippen molar-refractivity contribution in [1.82, 2.24) is 5.32 Å². The number of carboxylic acid groups (broad SMARTS) is 1. The molecule has 0 amide bonds. The van der Waals surface area contributed by atoms with Crippen molar-refractivity contribution in [3.63, 3.8) is 0 Å². The largest absolute Gasteiger partial charge is 0.480 e. The van der Waals surface area contributed by atoms with Gasteiger partial charge in [0, 0.05) is 4.75 Å². The Kier molecular flexibility index (Phi) is 3.48. The summed E-state index contributed by atoms with van der Waals surface area (Å²) >= 11 is 1.74. The predicted molar refractivity (Wildman–Crippen MR) is 59.5 cm³/mol. The summed E-state index contributed by atoms with van der Waals surface area (Å²) in [6, 6.07) is -0.420. The highest BCUT2D eigenvalue weighted by Crippen LogP contribution is 2.39. The van der Waals surface area contributed by atoms with Crippen LogP contribution in [0, 0.1) is 5.92 Å². The maximum Gasteiger partial charge on any atom is 0.322 e. The molecule has 2 atom stereocenters. The van der Waals surface area contributed by atoms with Crippen molar-refractivity contribution in [3.05, 3.63) is 0 Å². The van der Waals surface area contributed by atoms with Gasteiger partial charge in [-0.15, -0.1) is 11.8 Å². The standard InChI is InChI=1S/C10H19NO2S/c1-6(2)5-7-11-8(9(12)13)10(3,4)14-7/h6-8,11H,5H2,1-4H3,(H,12,13). The number of carboxylic acids is 1. The monoisotopic (exact) mass is 217 g/mol. The lowest BCUT2D eigenvalue weighted by molar-refractivity contribution is -0.139. The topological polar surface area (TPSA) is 49.3 Å². The fraction of sp³-hybridized carbons (Fsp3) is 0.900. The second kappa shape index (κ2) is 4.11. The molecule has 0 saturated carbocycles. The molecule has 0 spiro atoms. The first-order valence-electron chi connectivity index (χ1n) is 4.99. The molecule has 0 aliphatic carbocycles. The Hall–Kier alpha value is -0.220. The predicted octanol–water partition coefficient (Wildman–Crippen LogP) is 1.93. The van der Waals surface area contributed by atoms with Crippen LogP contribution in [0.1, 0.15) is 34.1 Å². The van der Waals surface area contributed by atoms with Gasteiger partial charge in [-0.1, -0.05) is 13.8 Å². The van der Waals surface area contributed by atoms with E-state index in [0.29, 0.717) is 5.92 Å². The van der Waals surface area contributed by atoms with E-state index in [0.717, 1.165) is 6.42 Å². The van der Waals surface area contributed by atoms with Crippen molar-refractivity contribution in [3.8, 4) is 0 Å². The van der Waals surface area contributed by atoms with Gasteiger partial charge < -0.3 is 5.11 Å². The highest BCUT2D eigenvalue weighted by Gasteiger charge is 2.44. The third-order valence-corrected chi connectivity index (χ3v) is 3.88. The number of aliphatic carboxylic acids is 1. The van der Waals surface area contributed by atoms with Crippen LogP contribution in [0.15, 0.2) is 0 Å². The molecule has 4 heteroatoms. The summed E-state index contributed by atoms with van der Waals surface area (Å²) in [6.45, 7) is 8.29. The molecule has 0 aromatic carbocycles. The highest BCUT2D eigenvalue weighted by atomic mass is 32.2. The SMILES string of the molecule is CC(C)CC1NC(C(=O)O)C(C)(C)S1. The summed E-state index contributed by atoms with van der Waals surface area (Å²) in [5.74, 6) is -0.142. The van der Waals surface area contributed by atoms with Gasteiger partial charge in [0.1, 0.15) is 6.04 Å². The molecule has 1 aliphatic rings. The molecule has 2 unspecified atom stereocenters. The maximum absolute atomic E-state index is 11.0. The smallest absolute Gasteiger partial charge is 0.322 e. The molecule has 0 aromatic rings. The number of rotatable bonds is 3. The van der Waals surface area contributed by atoms with Gasteiger partial charge in [-0.05, 0) is 26.2 Å². The molecule has 14 heavy (non-hydrogen) atoms. The van der Waals surface area contributed by atoms with Gasteiger partial charge in [0.15, 0.2) is 0 Å². The zero-order chi connectivity index (χ0) is 10.9. The molecule has 1 fully saturated rings. The first kappa shape index (κ1) is 11.9. The summed E-state index contributed by atoms with van der Waals surface area (Å²) in [6.07, 6.45) is 1.03. The van der Waals surface area contributed by atoms with Crippen LogP contribution in [0.5, 0.6) is 0 Å². The van der Waals surface area contributed by atoms with Crippen LogP contribution in [0.3, 0.4) is 0 Å². The van der Waals surface area contributed by atoms with E-state index in [1.165, 1.54) is 0 Å². The summed E-state index contributed by atoms with van der Waals surface area (Å²) in [7, 11) is 0.